The molecular formula is C44H27N5O. The van der Waals surface area contributed by atoms with Gasteiger partial charge in [-0.25, -0.2) is 19.9 Å². The largest absolute Gasteiger partial charge is 0.436 e. The maximum Gasteiger partial charge on any atom is 0.227 e. The van der Waals surface area contributed by atoms with Crippen molar-refractivity contribution in [2.45, 2.75) is 0 Å². The summed E-state index contributed by atoms with van der Waals surface area (Å²) in [5, 5.41) is 4.55. The summed E-state index contributed by atoms with van der Waals surface area (Å²) >= 11 is 0. The topological polar surface area (TPSA) is 69.6 Å². The van der Waals surface area contributed by atoms with Gasteiger partial charge in [-0.05, 0) is 65.4 Å². The molecule has 0 aliphatic rings. The van der Waals surface area contributed by atoms with E-state index in [0.717, 1.165) is 66.2 Å². The minimum atomic E-state index is 0.622. The van der Waals surface area contributed by atoms with E-state index < -0.39 is 0 Å². The molecule has 0 aliphatic carbocycles. The highest BCUT2D eigenvalue weighted by Gasteiger charge is 2.17. The number of rotatable bonds is 5. The number of hydrogen-bond acceptors (Lipinski definition) is 5. The van der Waals surface area contributed by atoms with Crippen LogP contribution in [0.1, 0.15) is 0 Å². The maximum absolute atomic E-state index is 6.12. The molecule has 50 heavy (non-hydrogen) atoms. The van der Waals surface area contributed by atoms with E-state index in [1.165, 1.54) is 5.39 Å². The smallest absolute Gasteiger partial charge is 0.227 e. The number of fused-ring (bicyclic) bond motifs is 5. The maximum atomic E-state index is 6.12. The molecule has 0 atom stereocenters. The fourth-order valence-corrected chi connectivity index (χ4v) is 6.83. The summed E-state index contributed by atoms with van der Waals surface area (Å²) in [5.74, 6) is 2.56. The minimum absolute atomic E-state index is 0.622. The minimum Gasteiger partial charge on any atom is -0.436 e. The number of benzene rings is 7. The molecule has 0 radical (unpaired) electrons. The van der Waals surface area contributed by atoms with E-state index in [2.05, 4.69) is 83.4 Å². The van der Waals surface area contributed by atoms with Gasteiger partial charge in [-0.2, -0.15) is 0 Å². The monoisotopic (exact) mass is 641 g/mol. The molecule has 0 fully saturated rings. The molecule has 6 heteroatoms. The van der Waals surface area contributed by atoms with E-state index in [4.69, 9.17) is 24.4 Å². The van der Waals surface area contributed by atoms with Crippen molar-refractivity contribution in [1.82, 2.24) is 24.5 Å². The molecule has 3 heterocycles. The predicted molar refractivity (Wildman–Crippen MR) is 201 cm³/mol. The molecule has 0 amide bonds. The lowest BCUT2D eigenvalue weighted by Crippen LogP contribution is -2.00. The molecule has 0 bridgehead atoms. The van der Waals surface area contributed by atoms with Crippen LogP contribution < -0.4 is 0 Å². The van der Waals surface area contributed by atoms with Crippen molar-refractivity contribution in [3.8, 4) is 51.3 Å². The van der Waals surface area contributed by atoms with E-state index in [-0.39, 0.29) is 0 Å². The second-order valence-electron chi connectivity index (χ2n) is 12.4. The first-order chi connectivity index (χ1) is 24.7. The molecule has 0 N–H and O–H groups in total. The molecule has 0 saturated carbocycles. The number of para-hydroxylation sites is 3. The highest BCUT2D eigenvalue weighted by molar-refractivity contribution is 6.10. The highest BCUT2D eigenvalue weighted by atomic mass is 16.3. The third kappa shape index (κ3) is 4.73. The Balaban J connectivity index is 1.08. The van der Waals surface area contributed by atoms with Crippen molar-refractivity contribution in [1.29, 1.82) is 0 Å². The van der Waals surface area contributed by atoms with E-state index in [1.54, 1.807) is 0 Å². The fourth-order valence-electron chi connectivity index (χ4n) is 6.83. The van der Waals surface area contributed by atoms with Crippen LogP contribution in [0.5, 0.6) is 0 Å². The van der Waals surface area contributed by atoms with Crippen LogP contribution in [0.3, 0.4) is 0 Å². The summed E-state index contributed by atoms with van der Waals surface area (Å²) in [6, 6.07) is 56.0. The van der Waals surface area contributed by atoms with Gasteiger partial charge in [0.2, 0.25) is 5.89 Å². The van der Waals surface area contributed by atoms with Crippen molar-refractivity contribution < 1.29 is 4.42 Å². The van der Waals surface area contributed by atoms with Crippen LogP contribution in [-0.2, 0) is 0 Å². The van der Waals surface area contributed by atoms with E-state index in [9.17, 15) is 0 Å². The molecule has 7 aromatic carbocycles. The molecule has 0 unspecified atom stereocenters. The zero-order valence-electron chi connectivity index (χ0n) is 26.7. The van der Waals surface area contributed by atoms with Gasteiger partial charge in [0.25, 0.3) is 0 Å². The fraction of sp³-hybridized carbons (Fsp3) is 0. The van der Waals surface area contributed by atoms with Crippen LogP contribution in [-0.4, -0.2) is 24.5 Å². The molecule has 3 aromatic heterocycles. The standard InChI is InChI=1S/C44H27N5O/c1-3-11-28(12-4-1)41-46-42(29-13-5-2-6-14-29)48-43(47-41)32-20-19-31-26-34(23-21-30(31)25-32)49-38-17-9-7-15-35(38)36-27-33(22-24-39(36)49)44-45-37-16-8-10-18-40(37)50-44/h1-27H. The summed E-state index contributed by atoms with van der Waals surface area (Å²) in [5.41, 5.74) is 8.77. The van der Waals surface area contributed by atoms with Crippen LogP contribution in [0.25, 0.3) is 95.0 Å². The van der Waals surface area contributed by atoms with Crippen LogP contribution in [0.2, 0.25) is 0 Å². The second kappa shape index (κ2) is 11.4. The number of hydrogen-bond donors (Lipinski definition) is 0. The normalized spacial score (nSPS) is 11.6. The second-order valence-corrected chi connectivity index (χ2v) is 12.4. The molecule has 10 aromatic rings. The van der Waals surface area contributed by atoms with Crippen molar-refractivity contribution in [3.63, 3.8) is 0 Å². The van der Waals surface area contributed by atoms with Crippen LogP contribution in [0.15, 0.2) is 168 Å². The van der Waals surface area contributed by atoms with Gasteiger partial charge in [0.15, 0.2) is 23.1 Å². The van der Waals surface area contributed by atoms with Crippen molar-refractivity contribution in [3.05, 3.63) is 164 Å². The molecule has 234 valence electrons. The van der Waals surface area contributed by atoms with Gasteiger partial charge in [0, 0.05) is 38.7 Å². The Hall–Kier alpha value is -6.92. The Morgan fingerprint density at radius 2 is 1.00 bits per heavy atom. The van der Waals surface area contributed by atoms with E-state index in [1.807, 2.05) is 84.9 Å². The summed E-state index contributed by atoms with van der Waals surface area (Å²) < 4.78 is 8.46. The Morgan fingerprint density at radius 3 is 1.76 bits per heavy atom. The predicted octanol–water partition coefficient (Wildman–Crippen LogP) is 10.9. The molecule has 0 aliphatic heterocycles. The van der Waals surface area contributed by atoms with Gasteiger partial charge in [0.05, 0.1) is 11.0 Å². The Labute approximate surface area is 287 Å². The lowest BCUT2D eigenvalue weighted by atomic mass is 10.1. The molecular weight excluding hydrogens is 615 g/mol. The van der Waals surface area contributed by atoms with Gasteiger partial charge >= 0.3 is 0 Å². The molecule has 6 nitrogen and oxygen atoms in total. The summed E-state index contributed by atoms with van der Waals surface area (Å²) in [6.45, 7) is 0. The first-order valence-electron chi connectivity index (χ1n) is 16.6. The van der Waals surface area contributed by atoms with Gasteiger partial charge in [-0.1, -0.05) is 109 Å². The Morgan fingerprint density at radius 1 is 0.400 bits per heavy atom. The Kier molecular flexibility index (Phi) is 6.39. The van der Waals surface area contributed by atoms with Gasteiger partial charge in [0.1, 0.15) is 5.52 Å². The highest BCUT2D eigenvalue weighted by Crippen LogP contribution is 2.36. The zero-order valence-corrected chi connectivity index (χ0v) is 26.7. The summed E-state index contributed by atoms with van der Waals surface area (Å²) in [4.78, 5) is 19.5. The zero-order chi connectivity index (χ0) is 33.0. The number of aromatic nitrogens is 5. The number of nitrogens with zero attached hydrogens (tertiary/aromatic N) is 5. The van der Waals surface area contributed by atoms with Crippen LogP contribution >= 0.6 is 0 Å². The van der Waals surface area contributed by atoms with E-state index in [0.29, 0.717) is 23.4 Å². The average Bonchev–Trinajstić information content (AvgIpc) is 3.77. The van der Waals surface area contributed by atoms with Gasteiger partial charge < -0.3 is 8.98 Å². The van der Waals surface area contributed by atoms with Gasteiger partial charge in [-0.3, -0.25) is 0 Å². The van der Waals surface area contributed by atoms with Crippen molar-refractivity contribution >= 4 is 43.7 Å². The molecule has 10 rings (SSSR count). The first-order valence-corrected chi connectivity index (χ1v) is 16.6. The van der Waals surface area contributed by atoms with Crippen molar-refractivity contribution in [2.75, 3.05) is 0 Å². The third-order valence-electron chi connectivity index (χ3n) is 9.25. The molecule has 0 saturated heterocycles. The van der Waals surface area contributed by atoms with Crippen LogP contribution in [0.4, 0.5) is 0 Å². The molecule has 0 spiro atoms. The van der Waals surface area contributed by atoms with Crippen molar-refractivity contribution in [2.24, 2.45) is 0 Å². The lowest BCUT2D eigenvalue weighted by Gasteiger charge is -2.11. The first kappa shape index (κ1) is 28.1. The lowest BCUT2D eigenvalue weighted by molar-refractivity contribution is 0.620. The summed E-state index contributed by atoms with van der Waals surface area (Å²) in [7, 11) is 0. The number of oxazole rings is 1. The quantitative estimate of drug-likeness (QED) is 0.187. The summed E-state index contributed by atoms with van der Waals surface area (Å²) in [6.07, 6.45) is 0. The van der Waals surface area contributed by atoms with Crippen LogP contribution in [0, 0.1) is 0 Å². The SMILES string of the molecule is c1ccc(-c2nc(-c3ccccc3)nc(-c3ccc4cc(-n5c6ccccc6c6cc(-c7nc8ccccc8o7)ccc65)ccc4c3)n2)cc1. The van der Waals surface area contributed by atoms with E-state index >= 15 is 0 Å². The Bertz CT molecular complexity index is 2780. The van der Waals surface area contributed by atoms with Gasteiger partial charge in [-0.15, -0.1) is 0 Å². The third-order valence-corrected chi connectivity index (χ3v) is 9.25. The average molecular weight is 642 g/mol.